The third-order valence-electron chi connectivity index (χ3n) is 2.86. The lowest BCUT2D eigenvalue weighted by molar-refractivity contribution is 0.766. The van der Waals surface area contributed by atoms with Gasteiger partial charge in [0.25, 0.3) is 0 Å². The molecule has 0 fully saturated rings. The molecular formula is C13H17NS. The van der Waals surface area contributed by atoms with Crippen molar-refractivity contribution in [1.82, 2.24) is 4.57 Å². The molecule has 0 bridgehead atoms. The highest BCUT2D eigenvalue weighted by Crippen LogP contribution is 2.25. The maximum absolute atomic E-state index is 2.42. The highest BCUT2D eigenvalue weighted by Gasteiger charge is 2.07. The van der Waals surface area contributed by atoms with Gasteiger partial charge in [0.15, 0.2) is 0 Å². The van der Waals surface area contributed by atoms with E-state index in [4.69, 9.17) is 0 Å². The predicted octanol–water partition coefficient (Wildman–Crippen LogP) is 3.83. The van der Waals surface area contributed by atoms with Gasteiger partial charge in [0, 0.05) is 28.9 Å². The van der Waals surface area contributed by atoms with Crippen LogP contribution in [0.2, 0.25) is 0 Å². The molecule has 0 atom stereocenters. The SMILES string of the molecule is CCn1c(CSC)cc2c(C)cccc21. The Labute approximate surface area is 95.5 Å². The first-order valence-electron chi connectivity index (χ1n) is 5.34. The van der Waals surface area contributed by atoms with Gasteiger partial charge in [-0.1, -0.05) is 12.1 Å². The van der Waals surface area contributed by atoms with Crippen LogP contribution in [0.25, 0.3) is 10.9 Å². The van der Waals surface area contributed by atoms with E-state index in [-0.39, 0.29) is 0 Å². The van der Waals surface area contributed by atoms with Crippen LogP contribution in [-0.4, -0.2) is 10.8 Å². The van der Waals surface area contributed by atoms with E-state index in [1.54, 1.807) is 0 Å². The Hall–Kier alpha value is -0.890. The molecule has 0 unspecified atom stereocenters. The average molecular weight is 219 g/mol. The van der Waals surface area contributed by atoms with E-state index in [1.165, 1.54) is 22.2 Å². The summed E-state index contributed by atoms with van der Waals surface area (Å²) in [5, 5.41) is 1.41. The molecule has 2 rings (SSSR count). The first-order chi connectivity index (χ1) is 7.27. The van der Waals surface area contributed by atoms with Crippen molar-refractivity contribution in [2.75, 3.05) is 6.26 Å². The average Bonchev–Trinajstić information content (AvgIpc) is 2.58. The molecule has 0 aliphatic rings. The van der Waals surface area contributed by atoms with Gasteiger partial charge in [-0.15, -0.1) is 0 Å². The molecule has 1 nitrogen and oxygen atoms in total. The van der Waals surface area contributed by atoms with Gasteiger partial charge in [-0.25, -0.2) is 0 Å². The van der Waals surface area contributed by atoms with E-state index in [0.29, 0.717) is 0 Å². The highest BCUT2D eigenvalue weighted by molar-refractivity contribution is 7.97. The quantitative estimate of drug-likeness (QED) is 0.759. The summed E-state index contributed by atoms with van der Waals surface area (Å²) in [6, 6.07) is 8.89. The first-order valence-corrected chi connectivity index (χ1v) is 6.74. The van der Waals surface area contributed by atoms with Gasteiger partial charge in [-0.2, -0.15) is 11.8 Å². The van der Waals surface area contributed by atoms with Crippen molar-refractivity contribution in [2.24, 2.45) is 0 Å². The number of aromatic nitrogens is 1. The maximum Gasteiger partial charge on any atom is 0.0485 e. The Morgan fingerprint density at radius 3 is 2.80 bits per heavy atom. The van der Waals surface area contributed by atoms with Crippen molar-refractivity contribution in [2.45, 2.75) is 26.1 Å². The molecule has 0 saturated heterocycles. The summed E-state index contributed by atoms with van der Waals surface area (Å²) in [4.78, 5) is 0. The molecule has 15 heavy (non-hydrogen) atoms. The number of aryl methyl sites for hydroxylation is 2. The van der Waals surface area contributed by atoms with Gasteiger partial charge < -0.3 is 4.57 Å². The monoisotopic (exact) mass is 219 g/mol. The van der Waals surface area contributed by atoms with Crippen LogP contribution < -0.4 is 0 Å². The zero-order chi connectivity index (χ0) is 10.8. The van der Waals surface area contributed by atoms with Crippen molar-refractivity contribution in [1.29, 1.82) is 0 Å². The highest BCUT2D eigenvalue weighted by atomic mass is 32.2. The minimum Gasteiger partial charge on any atom is -0.344 e. The zero-order valence-electron chi connectivity index (χ0n) is 9.58. The molecule has 80 valence electrons. The lowest BCUT2D eigenvalue weighted by Crippen LogP contribution is -1.98. The number of benzene rings is 1. The van der Waals surface area contributed by atoms with E-state index in [0.717, 1.165) is 12.3 Å². The second kappa shape index (κ2) is 4.31. The van der Waals surface area contributed by atoms with Crippen LogP contribution in [-0.2, 0) is 12.3 Å². The van der Waals surface area contributed by atoms with Crippen LogP contribution >= 0.6 is 11.8 Å². The molecule has 0 radical (unpaired) electrons. The zero-order valence-corrected chi connectivity index (χ0v) is 10.4. The van der Waals surface area contributed by atoms with Crippen LogP contribution in [0.3, 0.4) is 0 Å². The van der Waals surface area contributed by atoms with E-state index in [9.17, 15) is 0 Å². The van der Waals surface area contributed by atoms with Crippen molar-refractivity contribution in [3.8, 4) is 0 Å². The first kappa shape index (κ1) is 10.6. The molecule has 1 heterocycles. The van der Waals surface area contributed by atoms with Crippen LogP contribution in [0.1, 0.15) is 18.2 Å². The largest absolute Gasteiger partial charge is 0.344 e. The van der Waals surface area contributed by atoms with Crippen molar-refractivity contribution in [3.05, 3.63) is 35.5 Å². The number of fused-ring (bicyclic) bond motifs is 1. The van der Waals surface area contributed by atoms with E-state index in [2.05, 4.69) is 48.9 Å². The summed E-state index contributed by atoms with van der Waals surface area (Å²) in [6.07, 6.45) is 2.16. The second-order valence-electron chi connectivity index (χ2n) is 3.82. The Kier molecular flexibility index (Phi) is 3.06. The van der Waals surface area contributed by atoms with Gasteiger partial charge in [0.2, 0.25) is 0 Å². The number of hydrogen-bond acceptors (Lipinski definition) is 1. The summed E-state index contributed by atoms with van der Waals surface area (Å²) in [6.45, 7) is 5.46. The third-order valence-corrected chi connectivity index (χ3v) is 3.44. The minimum absolute atomic E-state index is 1.06. The van der Waals surface area contributed by atoms with Gasteiger partial charge in [0.05, 0.1) is 0 Å². The molecular weight excluding hydrogens is 202 g/mol. The maximum atomic E-state index is 2.42. The number of nitrogens with zero attached hydrogens (tertiary/aromatic N) is 1. The smallest absolute Gasteiger partial charge is 0.0485 e. The topological polar surface area (TPSA) is 4.93 Å². The summed E-state index contributed by atoms with van der Waals surface area (Å²) >= 11 is 1.88. The lowest BCUT2D eigenvalue weighted by Gasteiger charge is -2.06. The summed E-state index contributed by atoms with van der Waals surface area (Å²) in [7, 11) is 0. The fourth-order valence-electron chi connectivity index (χ4n) is 2.13. The summed E-state index contributed by atoms with van der Waals surface area (Å²) in [5.41, 5.74) is 4.19. The van der Waals surface area contributed by atoms with Gasteiger partial charge >= 0.3 is 0 Å². The van der Waals surface area contributed by atoms with Crippen molar-refractivity contribution < 1.29 is 0 Å². The second-order valence-corrected chi connectivity index (χ2v) is 4.69. The molecule has 0 amide bonds. The number of rotatable bonds is 3. The van der Waals surface area contributed by atoms with Crippen molar-refractivity contribution >= 4 is 22.7 Å². The standard InChI is InChI=1S/C13H17NS/c1-4-14-11(9-15-3)8-12-10(2)6-5-7-13(12)14/h5-8H,4,9H2,1-3H3. The molecule has 2 aromatic rings. The minimum atomic E-state index is 1.06. The lowest BCUT2D eigenvalue weighted by atomic mass is 10.1. The fraction of sp³-hybridized carbons (Fsp3) is 0.385. The molecule has 0 N–H and O–H groups in total. The van der Waals surface area contributed by atoms with E-state index in [1.807, 2.05) is 11.8 Å². The van der Waals surface area contributed by atoms with Crippen LogP contribution in [0.4, 0.5) is 0 Å². The van der Waals surface area contributed by atoms with Gasteiger partial charge in [-0.05, 0) is 37.8 Å². The third kappa shape index (κ3) is 1.78. The summed E-state index contributed by atoms with van der Waals surface area (Å²) in [5.74, 6) is 1.10. The molecule has 0 saturated carbocycles. The molecule has 0 aliphatic carbocycles. The molecule has 1 aromatic carbocycles. The van der Waals surface area contributed by atoms with E-state index < -0.39 is 0 Å². The Morgan fingerprint density at radius 2 is 2.13 bits per heavy atom. The van der Waals surface area contributed by atoms with Crippen LogP contribution in [0.5, 0.6) is 0 Å². The Balaban J connectivity index is 2.67. The van der Waals surface area contributed by atoms with Gasteiger partial charge in [0.1, 0.15) is 0 Å². The Morgan fingerprint density at radius 1 is 1.33 bits per heavy atom. The Bertz CT molecular complexity index is 471. The van der Waals surface area contributed by atoms with Crippen molar-refractivity contribution in [3.63, 3.8) is 0 Å². The molecule has 1 aromatic heterocycles. The van der Waals surface area contributed by atoms with Crippen LogP contribution in [0, 0.1) is 6.92 Å². The predicted molar refractivity (Wildman–Crippen MR) is 69.6 cm³/mol. The normalized spacial score (nSPS) is 11.1. The molecule has 2 heteroatoms. The van der Waals surface area contributed by atoms with Gasteiger partial charge in [-0.3, -0.25) is 0 Å². The number of thioether (sulfide) groups is 1. The van der Waals surface area contributed by atoms with E-state index >= 15 is 0 Å². The fourth-order valence-corrected chi connectivity index (χ4v) is 2.66. The van der Waals surface area contributed by atoms with Crippen LogP contribution in [0.15, 0.2) is 24.3 Å². The molecule has 0 spiro atoms. The molecule has 0 aliphatic heterocycles. The number of hydrogen-bond donors (Lipinski definition) is 0. The summed E-state index contributed by atoms with van der Waals surface area (Å²) < 4.78 is 2.42.